The third kappa shape index (κ3) is 4.49. The van der Waals surface area contributed by atoms with E-state index in [1.54, 1.807) is 0 Å². The maximum Gasteiger partial charge on any atom is 0.348 e. The van der Waals surface area contributed by atoms with E-state index in [1.807, 2.05) is 0 Å². The molecule has 9 heteroatoms. The molecular formula is C13H10O9. The van der Waals surface area contributed by atoms with E-state index in [0.29, 0.717) is 0 Å². The summed E-state index contributed by atoms with van der Waals surface area (Å²) >= 11 is 0. The highest BCUT2D eigenvalue weighted by atomic mass is 16.6. The van der Waals surface area contributed by atoms with E-state index >= 15 is 0 Å². The third-order valence-electron chi connectivity index (χ3n) is 2.41. The number of hydrogen-bond donors (Lipinski definition) is 3. The monoisotopic (exact) mass is 310 g/mol. The lowest BCUT2D eigenvalue weighted by molar-refractivity contribution is -0.176. The van der Waals surface area contributed by atoms with Crippen molar-refractivity contribution >= 4 is 29.5 Å². The van der Waals surface area contributed by atoms with Crippen LogP contribution in [0, 0.1) is 0 Å². The molecule has 0 aromatic heterocycles. The standard InChI is InChI=1S/C13H10O9/c14-7-3-1-6(5-8(7)15)2-4-9(16)22-11(13(20)21)10(17)12(18)19/h1-5,10-11,17H,(H,18,19)(H,20,21)/b4-2+. The molecule has 0 saturated heterocycles. The van der Waals surface area contributed by atoms with Crippen LogP contribution in [0.4, 0.5) is 0 Å². The van der Waals surface area contributed by atoms with Crippen molar-refractivity contribution in [3.8, 4) is 0 Å². The van der Waals surface area contributed by atoms with Crippen molar-refractivity contribution < 1.29 is 44.0 Å². The van der Waals surface area contributed by atoms with Gasteiger partial charge in [0, 0.05) is 6.08 Å². The predicted octanol–water partition coefficient (Wildman–Crippen LogP) is -1.38. The summed E-state index contributed by atoms with van der Waals surface area (Å²) in [7, 11) is 0. The van der Waals surface area contributed by atoms with E-state index in [0.717, 1.165) is 24.3 Å². The van der Waals surface area contributed by atoms with Gasteiger partial charge in [0.25, 0.3) is 0 Å². The molecule has 0 fully saturated rings. The van der Waals surface area contributed by atoms with Crippen LogP contribution in [0.2, 0.25) is 0 Å². The lowest BCUT2D eigenvalue weighted by atomic mass is 10.0. The summed E-state index contributed by atoms with van der Waals surface area (Å²) in [6.45, 7) is 0. The summed E-state index contributed by atoms with van der Waals surface area (Å²) < 4.78 is 4.31. The van der Waals surface area contributed by atoms with Crippen LogP contribution in [0.1, 0.15) is 0 Å². The second-order valence-electron chi connectivity index (χ2n) is 4.02. The number of aliphatic carboxylic acids is 2. The number of carboxylic acid groups (broad SMARTS) is 2. The first kappa shape index (κ1) is 17.0. The number of ether oxygens (including phenoxy) is 1. The number of aliphatic hydroxyl groups is 1. The van der Waals surface area contributed by atoms with E-state index < -0.39 is 41.7 Å². The molecule has 0 amide bonds. The summed E-state index contributed by atoms with van der Waals surface area (Å²) in [5.41, 5.74) is 0.187. The van der Waals surface area contributed by atoms with Crippen molar-refractivity contribution in [2.45, 2.75) is 12.2 Å². The second kappa shape index (κ2) is 7.09. The number of ketones is 2. The zero-order valence-corrected chi connectivity index (χ0v) is 10.8. The molecule has 22 heavy (non-hydrogen) atoms. The molecule has 3 N–H and O–H groups in total. The average Bonchev–Trinajstić information content (AvgIpc) is 2.44. The summed E-state index contributed by atoms with van der Waals surface area (Å²) in [6.07, 6.45) is 0.262. The van der Waals surface area contributed by atoms with Crippen LogP contribution in [0.5, 0.6) is 0 Å². The molecule has 1 aliphatic rings. The molecule has 2 unspecified atom stereocenters. The molecule has 0 aromatic carbocycles. The molecule has 1 aliphatic carbocycles. The molecule has 0 bridgehead atoms. The number of aliphatic hydroxyl groups excluding tert-OH is 1. The van der Waals surface area contributed by atoms with Crippen molar-refractivity contribution in [3.05, 3.63) is 36.0 Å². The Kier molecular flexibility index (Phi) is 5.47. The van der Waals surface area contributed by atoms with Gasteiger partial charge in [-0.2, -0.15) is 0 Å². The first-order valence-electron chi connectivity index (χ1n) is 5.73. The molecule has 0 radical (unpaired) electrons. The number of carbonyl (C=O) groups excluding carboxylic acids is 3. The largest absolute Gasteiger partial charge is 0.479 e. The fraction of sp³-hybridized carbons (Fsp3) is 0.154. The van der Waals surface area contributed by atoms with Gasteiger partial charge in [-0.15, -0.1) is 0 Å². The highest BCUT2D eigenvalue weighted by molar-refractivity contribution is 6.46. The van der Waals surface area contributed by atoms with Crippen molar-refractivity contribution in [1.29, 1.82) is 0 Å². The molecule has 0 aliphatic heterocycles. The summed E-state index contributed by atoms with van der Waals surface area (Å²) in [5, 5.41) is 26.3. The van der Waals surface area contributed by atoms with E-state index in [-0.39, 0.29) is 5.57 Å². The molecule has 9 nitrogen and oxygen atoms in total. The number of carbonyl (C=O) groups is 5. The number of hydrogen-bond acceptors (Lipinski definition) is 7. The molecular weight excluding hydrogens is 300 g/mol. The maximum atomic E-state index is 11.4. The molecule has 0 aromatic rings. The van der Waals surface area contributed by atoms with Crippen molar-refractivity contribution in [2.24, 2.45) is 0 Å². The van der Waals surface area contributed by atoms with Crippen LogP contribution in [-0.2, 0) is 28.7 Å². The summed E-state index contributed by atoms with van der Waals surface area (Å²) in [4.78, 5) is 54.6. The number of allylic oxidation sites excluding steroid dienone is 5. The SMILES string of the molecule is O=C(/C=C/C1=CC(=O)C(=O)C=C1)OC(C(=O)O)C(O)C(=O)O. The van der Waals surface area contributed by atoms with Crippen LogP contribution in [-0.4, -0.2) is 57.0 Å². The van der Waals surface area contributed by atoms with Crippen LogP contribution in [0.15, 0.2) is 36.0 Å². The van der Waals surface area contributed by atoms with E-state index in [1.165, 1.54) is 6.08 Å². The maximum absolute atomic E-state index is 11.4. The van der Waals surface area contributed by atoms with Gasteiger partial charge in [0.2, 0.25) is 17.7 Å². The zero-order chi connectivity index (χ0) is 16.9. The molecule has 2 atom stereocenters. The third-order valence-corrected chi connectivity index (χ3v) is 2.41. The average molecular weight is 310 g/mol. The van der Waals surface area contributed by atoms with Gasteiger partial charge in [-0.1, -0.05) is 6.08 Å². The quantitative estimate of drug-likeness (QED) is 0.233. The number of esters is 1. The first-order valence-corrected chi connectivity index (χ1v) is 5.73. The van der Waals surface area contributed by atoms with Gasteiger partial charge < -0.3 is 20.1 Å². The van der Waals surface area contributed by atoms with Gasteiger partial charge in [-0.3, -0.25) is 9.59 Å². The Hall–Kier alpha value is -3.07. The first-order chi connectivity index (χ1) is 10.2. The topological polar surface area (TPSA) is 155 Å². The van der Waals surface area contributed by atoms with Crippen molar-refractivity contribution in [2.75, 3.05) is 0 Å². The van der Waals surface area contributed by atoms with E-state index in [4.69, 9.17) is 15.3 Å². The zero-order valence-electron chi connectivity index (χ0n) is 10.8. The Morgan fingerprint density at radius 2 is 1.68 bits per heavy atom. The van der Waals surface area contributed by atoms with Crippen LogP contribution in [0.3, 0.4) is 0 Å². The van der Waals surface area contributed by atoms with Gasteiger partial charge in [-0.05, 0) is 23.8 Å². The van der Waals surface area contributed by atoms with E-state index in [9.17, 15) is 24.0 Å². The molecule has 0 heterocycles. The van der Waals surface area contributed by atoms with Crippen LogP contribution < -0.4 is 0 Å². The Morgan fingerprint density at radius 1 is 1.05 bits per heavy atom. The predicted molar refractivity (Wildman–Crippen MR) is 67.5 cm³/mol. The van der Waals surface area contributed by atoms with Gasteiger partial charge in [0.15, 0.2) is 6.10 Å². The molecule has 1 rings (SSSR count). The molecule has 0 saturated carbocycles. The molecule has 0 spiro atoms. The van der Waals surface area contributed by atoms with Crippen molar-refractivity contribution in [1.82, 2.24) is 0 Å². The Balaban J connectivity index is 2.74. The van der Waals surface area contributed by atoms with Crippen LogP contribution >= 0.6 is 0 Å². The minimum Gasteiger partial charge on any atom is -0.479 e. The molecule has 116 valence electrons. The van der Waals surface area contributed by atoms with Gasteiger partial charge >= 0.3 is 17.9 Å². The fourth-order valence-electron chi connectivity index (χ4n) is 1.34. The summed E-state index contributed by atoms with van der Waals surface area (Å²) in [6, 6.07) is 0. The smallest absolute Gasteiger partial charge is 0.348 e. The number of rotatable bonds is 6. The summed E-state index contributed by atoms with van der Waals surface area (Å²) in [5.74, 6) is -6.47. The lowest BCUT2D eigenvalue weighted by Crippen LogP contribution is -2.42. The van der Waals surface area contributed by atoms with E-state index in [2.05, 4.69) is 4.74 Å². The fourth-order valence-corrected chi connectivity index (χ4v) is 1.34. The highest BCUT2D eigenvalue weighted by Crippen LogP contribution is 2.08. The minimum atomic E-state index is -2.43. The minimum absolute atomic E-state index is 0.187. The Bertz CT molecular complexity index is 623. The lowest BCUT2D eigenvalue weighted by Gasteiger charge is -2.15. The van der Waals surface area contributed by atoms with Crippen molar-refractivity contribution in [3.63, 3.8) is 0 Å². The van der Waals surface area contributed by atoms with Gasteiger partial charge in [0.05, 0.1) is 0 Å². The second-order valence-corrected chi connectivity index (χ2v) is 4.02. The highest BCUT2D eigenvalue weighted by Gasteiger charge is 2.35. The van der Waals surface area contributed by atoms with Gasteiger partial charge in [0.1, 0.15) is 0 Å². The van der Waals surface area contributed by atoms with Crippen LogP contribution in [0.25, 0.3) is 0 Å². The van der Waals surface area contributed by atoms with Gasteiger partial charge in [-0.25, -0.2) is 14.4 Å². The number of carboxylic acids is 2. The normalized spacial score (nSPS) is 17.0. The Labute approximate surface area is 122 Å². The Morgan fingerprint density at radius 3 is 2.18 bits per heavy atom.